The molecule has 0 saturated carbocycles. The molecule has 2 rings (SSSR count). The van der Waals surface area contributed by atoms with Gasteiger partial charge in [0.25, 0.3) is 5.91 Å². The van der Waals surface area contributed by atoms with Gasteiger partial charge in [-0.25, -0.2) is 5.43 Å². The van der Waals surface area contributed by atoms with Gasteiger partial charge in [0.1, 0.15) is 5.92 Å². The number of hydrogen-bond donors (Lipinski definition) is 2. The second-order valence-corrected chi connectivity index (χ2v) is 3.01. The highest BCUT2D eigenvalue weighted by Crippen LogP contribution is 2.22. The van der Waals surface area contributed by atoms with Crippen LogP contribution in [0.25, 0.3) is 0 Å². The Morgan fingerprint density at radius 2 is 2.43 bits per heavy atom. The topological polar surface area (TPSA) is 70.6 Å². The number of amides is 2. The molecule has 72 valence electrons. The van der Waals surface area contributed by atoms with Crippen LogP contribution in [0.1, 0.15) is 0 Å². The number of hydrazone groups is 1. The van der Waals surface area contributed by atoms with Crippen molar-refractivity contribution in [3.63, 3.8) is 0 Å². The smallest absolute Gasteiger partial charge is 0.253 e. The summed E-state index contributed by atoms with van der Waals surface area (Å²) in [5.74, 6) is -1.04. The molecule has 0 spiro atoms. The number of carbonyl (C=O) groups excluding carboxylic acids is 2. The van der Waals surface area contributed by atoms with Crippen molar-refractivity contribution in [2.45, 2.75) is 0 Å². The molecule has 5 heteroatoms. The molecule has 1 aliphatic carbocycles. The normalized spacial score (nSPS) is 23.5. The summed E-state index contributed by atoms with van der Waals surface area (Å²) >= 11 is 0. The van der Waals surface area contributed by atoms with Crippen molar-refractivity contribution in [3.05, 3.63) is 23.8 Å². The Bertz CT molecular complexity index is 393. The molecule has 0 radical (unpaired) electrons. The van der Waals surface area contributed by atoms with Gasteiger partial charge in [0.05, 0.1) is 5.71 Å². The van der Waals surface area contributed by atoms with Crippen LogP contribution in [0.3, 0.4) is 0 Å². The molecule has 1 aliphatic heterocycles. The molecule has 1 heterocycles. The summed E-state index contributed by atoms with van der Waals surface area (Å²) < 4.78 is 0. The maximum absolute atomic E-state index is 11.4. The number of fused-ring (bicyclic) bond motifs is 1. The molecule has 0 bridgehead atoms. The molecule has 0 fully saturated rings. The number of nitrogens with zero attached hydrogens (tertiary/aromatic N) is 1. The van der Waals surface area contributed by atoms with E-state index in [1.165, 1.54) is 7.05 Å². The molecule has 0 aromatic rings. The van der Waals surface area contributed by atoms with Crippen LogP contribution in [0.15, 0.2) is 28.9 Å². The quantitative estimate of drug-likeness (QED) is 0.577. The van der Waals surface area contributed by atoms with Crippen LogP contribution in [0.2, 0.25) is 0 Å². The molecule has 2 aliphatic rings. The molecule has 5 nitrogen and oxygen atoms in total. The van der Waals surface area contributed by atoms with Crippen molar-refractivity contribution < 1.29 is 9.59 Å². The van der Waals surface area contributed by atoms with Crippen molar-refractivity contribution in [1.29, 1.82) is 0 Å². The third-order valence-corrected chi connectivity index (χ3v) is 2.20. The fraction of sp³-hybridized carbons (Fsp3) is 0.222. The zero-order valence-electron chi connectivity index (χ0n) is 7.57. The molecule has 0 aromatic heterocycles. The largest absolute Gasteiger partial charge is 0.355 e. The highest BCUT2D eigenvalue weighted by atomic mass is 16.2. The summed E-state index contributed by atoms with van der Waals surface area (Å²) in [6, 6.07) is 0. The van der Waals surface area contributed by atoms with Crippen LogP contribution in [-0.2, 0) is 9.59 Å². The van der Waals surface area contributed by atoms with Crippen LogP contribution in [0.5, 0.6) is 0 Å². The summed E-state index contributed by atoms with van der Waals surface area (Å²) in [4.78, 5) is 22.8. The second-order valence-electron chi connectivity index (χ2n) is 3.01. The average Bonchev–Trinajstić information content (AvgIpc) is 2.59. The van der Waals surface area contributed by atoms with Crippen LogP contribution >= 0.6 is 0 Å². The Balaban J connectivity index is 2.37. The van der Waals surface area contributed by atoms with Gasteiger partial charge in [0, 0.05) is 12.6 Å². The monoisotopic (exact) mass is 191 g/mol. The molecule has 1 unspecified atom stereocenters. The van der Waals surface area contributed by atoms with Crippen molar-refractivity contribution in [2.24, 2.45) is 11.0 Å². The SMILES string of the molecule is CNC(=O)C1=CC=CC2=NNC(=O)C12. The fourth-order valence-electron chi connectivity index (χ4n) is 1.51. The van der Waals surface area contributed by atoms with E-state index in [1.54, 1.807) is 18.2 Å². The molecule has 14 heavy (non-hydrogen) atoms. The third-order valence-electron chi connectivity index (χ3n) is 2.20. The van der Waals surface area contributed by atoms with Crippen molar-refractivity contribution in [2.75, 3.05) is 7.05 Å². The first kappa shape index (κ1) is 8.68. The average molecular weight is 191 g/mol. The minimum atomic E-state index is -0.542. The fourth-order valence-corrected chi connectivity index (χ4v) is 1.51. The maximum atomic E-state index is 11.4. The number of nitrogens with one attached hydrogen (secondary N) is 2. The van der Waals surface area contributed by atoms with Gasteiger partial charge >= 0.3 is 0 Å². The number of allylic oxidation sites excluding steroid dienone is 3. The third kappa shape index (κ3) is 1.14. The van der Waals surface area contributed by atoms with Gasteiger partial charge in [-0.2, -0.15) is 5.10 Å². The van der Waals surface area contributed by atoms with Gasteiger partial charge in [0.2, 0.25) is 5.91 Å². The van der Waals surface area contributed by atoms with Crippen LogP contribution in [0.4, 0.5) is 0 Å². The van der Waals surface area contributed by atoms with Crippen LogP contribution in [0, 0.1) is 5.92 Å². The second kappa shape index (κ2) is 3.10. The Morgan fingerprint density at radius 3 is 3.14 bits per heavy atom. The summed E-state index contributed by atoms with van der Waals surface area (Å²) in [5, 5.41) is 6.31. The van der Waals surface area contributed by atoms with Gasteiger partial charge in [-0.1, -0.05) is 12.2 Å². The Labute approximate surface area is 80.6 Å². The van der Waals surface area contributed by atoms with E-state index >= 15 is 0 Å². The minimum Gasteiger partial charge on any atom is -0.355 e. The highest BCUT2D eigenvalue weighted by molar-refractivity contribution is 6.21. The summed E-state index contributed by atoms with van der Waals surface area (Å²) in [6.45, 7) is 0. The molecule has 1 atom stereocenters. The molecule has 0 saturated heterocycles. The van der Waals surface area contributed by atoms with Gasteiger partial charge < -0.3 is 5.32 Å². The lowest BCUT2D eigenvalue weighted by atomic mass is 9.89. The first-order valence-electron chi connectivity index (χ1n) is 4.22. The molecular weight excluding hydrogens is 182 g/mol. The summed E-state index contributed by atoms with van der Waals surface area (Å²) in [6.07, 6.45) is 5.06. The van der Waals surface area contributed by atoms with E-state index in [9.17, 15) is 9.59 Å². The lowest BCUT2D eigenvalue weighted by Gasteiger charge is -2.13. The van der Waals surface area contributed by atoms with Crippen LogP contribution < -0.4 is 10.7 Å². The predicted octanol–water partition coefficient (Wildman–Crippen LogP) is -0.669. The number of rotatable bonds is 1. The Morgan fingerprint density at radius 1 is 1.64 bits per heavy atom. The van der Waals surface area contributed by atoms with E-state index in [0.29, 0.717) is 11.3 Å². The number of hydrogen-bond acceptors (Lipinski definition) is 3. The zero-order chi connectivity index (χ0) is 10.1. The van der Waals surface area contributed by atoms with Crippen molar-refractivity contribution in [1.82, 2.24) is 10.7 Å². The van der Waals surface area contributed by atoms with Gasteiger partial charge in [-0.3, -0.25) is 9.59 Å². The van der Waals surface area contributed by atoms with E-state index in [2.05, 4.69) is 15.8 Å². The number of carbonyl (C=O) groups is 2. The van der Waals surface area contributed by atoms with E-state index in [-0.39, 0.29) is 11.8 Å². The van der Waals surface area contributed by atoms with Gasteiger partial charge in [0.15, 0.2) is 0 Å². The molecule has 2 N–H and O–H groups in total. The molecular formula is C9H9N3O2. The maximum Gasteiger partial charge on any atom is 0.253 e. The zero-order valence-corrected chi connectivity index (χ0v) is 7.57. The standard InChI is InChI=1S/C9H9N3O2/c1-10-8(13)5-3-2-4-6-7(5)9(14)12-11-6/h2-4,7H,1H3,(H,10,13)(H,12,14). The minimum absolute atomic E-state index is 0.246. The predicted molar refractivity (Wildman–Crippen MR) is 50.4 cm³/mol. The van der Waals surface area contributed by atoms with E-state index in [1.807, 2.05) is 0 Å². The molecule has 0 aromatic carbocycles. The van der Waals surface area contributed by atoms with E-state index < -0.39 is 5.92 Å². The molecule has 2 amide bonds. The van der Waals surface area contributed by atoms with Crippen molar-refractivity contribution in [3.8, 4) is 0 Å². The van der Waals surface area contributed by atoms with E-state index in [4.69, 9.17) is 0 Å². The summed E-state index contributed by atoms with van der Waals surface area (Å²) in [7, 11) is 1.53. The first-order chi connectivity index (χ1) is 6.74. The Hall–Kier alpha value is -1.91. The van der Waals surface area contributed by atoms with Crippen LogP contribution in [-0.4, -0.2) is 24.6 Å². The lowest BCUT2D eigenvalue weighted by molar-refractivity contribution is -0.124. The summed E-state index contributed by atoms with van der Waals surface area (Å²) in [5.41, 5.74) is 3.38. The highest BCUT2D eigenvalue weighted by Gasteiger charge is 2.35. The van der Waals surface area contributed by atoms with E-state index in [0.717, 1.165) is 0 Å². The first-order valence-corrected chi connectivity index (χ1v) is 4.22. The van der Waals surface area contributed by atoms with Gasteiger partial charge in [-0.15, -0.1) is 0 Å². The lowest BCUT2D eigenvalue weighted by Crippen LogP contribution is -2.33. The van der Waals surface area contributed by atoms with Gasteiger partial charge in [-0.05, 0) is 6.08 Å². The Kier molecular flexibility index (Phi) is 1.92. The van der Waals surface area contributed by atoms with Crippen molar-refractivity contribution >= 4 is 17.5 Å². The number of likely N-dealkylation sites (N-methyl/N-ethyl adjacent to an activating group) is 1.